The summed E-state index contributed by atoms with van der Waals surface area (Å²) in [6, 6.07) is 25.8. The highest BCUT2D eigenvalue weighted by atomic mass is 16.5. The molecule has 0 aliphatic rings. The highest BCUT2D eigenvalue weighted by Gasteiger charge is 2.22. The van der Waals surface area contributed by atoms with Crippen molar-refractivity contribution in [2.24, 2.45) is 0 Å². The Bertz CT molecular complexity index is 1920. The van der Waals surface area contributed by atoms with Gasteiger partial charge in [0.25, 0.3) is 0 Å². The number of fused-ring (bicyclic) bond motifs is 1. The highest BCUT2D eigenvalue weighted by molar-refractivity contribution is 6.08. The number of nitrogens with zero attached hydrogens (tertiary/aromatic N) is 1. The quantitative estimate of drug-likeness (QED) is 0.123. The average Bonchev–Trinajstić information content (AvgIpc) is 3.05. The summed E-state index contributed by atoms with van der Waals surface area (Å²) in [6.07, 6.45) is 1.78. The second-order valence-corrected chi connectivity index (χ2v) is 11.9. The standard InChI is InChI=1S/C37H39N5O5/c1-37(2,3)24-18-23(19-34(43)38-4)35(46-6)31(20-24)42-36(44)41-30-14-15-32(29-13-8-7-12-28(29)30)47-27-16-17-39-33(22-27)40-25-10-9-11-26(21-25)45-5/h7-18,20-22H,19H2,1-6H3,(H,38,43)(H,39,40)(H2,41,42,44). The first-order valence-corrected chi connectivity index (χ1v) is 15.1. The molecule has 0 spiro atoms. The molecule has 0 radical (unpaired) electrons. The molecule has 4 aromatic carbocycles. The van der Waals surface area contributed by atoms with Crippen LogP contribution in [0.3, 0.4) is 0 Å². The number of ether oxygens (including phenoxy) is 3. The van der Waals surface area contributed by atoms with E-state index in [1.807, 2.05) is 72.8 Å². The van der Waals surface area contributed by atoms with E-state index in [1.54, 1.807) is 32.5 Å². The minimum Gasteiger partial charge on any atom is -0.497 e. The minimum absolute atomic E-state index is 0.113. The zero-order valence-electron chi connectivity index (χ0n) is 27.4. The van der Waals surface area contributed by atoms with E-state index in [9.17, 15) is 9.59 Å². The fourth-order valence-corrected chi connectivity index (χ4v) is 5.11. The summed E-state index contributed by atoms with van der Waals surface area (Å²) in [6.45, 7) is 6.21. The maximum absolute atomic E-state index is 13.4. The van der Waals surface area contributed by atoms with E-state index in [0.29, 0.717) is 40.0 Å². The van der Waals surface area contributed by atoms with Crippen LogP contribution in [0, 0.1) is 0 Å². The lowest BCUT2D eigenvalue weighted by atomic mass is 9.85. The van der Waals surface area contributed by atoms with E-state index in [2.05, 4.69) is 47.0 Å². The Morgan fingerprint density at radius 3 is 2.28 bits per heavy atom. The van der Waals surface area contributed by atoms with Crippen LogP contribution in [0.5, 0.6) is 23.0 Å². The van der Waals surface area contributed by atoms with Gasteiger partial charge in [-0.25, -0.2) is 9.78 Å². The van der Waals surface area contributed by atoms with E-state index >= 15 is 0 Å². The van der Waals surface area contributed by atoms with Gasteiger partial charge in [0, 0.05) is 47.4 Å². The van der Waals surface area contributed by atoms with Gasteiger partial charge in [-0.2, -0.15) is 0 Å². The van der Waals surface area contributed by atoms with E-state index in [4.69, 9.17) is 14.2 Å². The van der Waals surface area contributed by atoms with Crippen LogP contribution >= 0.6 is 0 Å². The predicted octanol–water partition coefficient (Wildman–Crippen LogP) is 8.02. The molecule has 0 aliphatic heterocycles. The number of likely N-dealkylation sites (N-methyl/N-ethyl adjacent to an activating group) is 1. The van der Waals surface area contributed by atoms with E-state index in [1.165, 1.54) is 7.11 Å². The largest absolute Gasteiger partial charge is 0.497 e. The summed E-state index contributed by atoms with van der Waals surface area (Å²) in [5.74, 6) is 2.83. The van der Waals surface area contributed by atoms with Crippen molar-refractivity contribution < 1.29 is 23.8 Å². The SMILES string of the molecule is CNC(=O)Cc1cc(C(C)(C)C)cc(NC(=O)Nc2ccc(Oc3ccnc(Nc4cccc(OC)c4)c3)c3ccccc23)c1OC. The number of carbonyl (C=O) groups is 2. The minimum atomic E-state index is -0.457. The van der Waals surface area contributed by atoms with Crippen LogP contribution in [0.2, 0.25) is 0 Å². The lowest BCUT2D eigenvalue weighted by molar-refractivity contribution is -0.119. The van der Waals surface area contributed by atoms with Crippen molar-refractivity contribution in [1.82, 2.24) is 10.3 Å². The van der Waals surface area contributed by atoms with Crippen LogP contribution in [-0.2, 0) is 16.6 Å². The Hall–Kier alpha value is -5.77. The van der Waals surface area contributed by atoms with Crippen LogP contribution in [0.1, 0.15) is 31.9 Å². The zero-order valence-corrected chi connectivity index (χ0v) is 27.4. The third-order valence-electron chi connectivity index (χ3n) is 7.55. The Kier molecular flexibility index (Phi) is 9.80. The molecule has 0 aliphatic carbocycles. The van der Waals surface area contributed by atoms with Crippen molar-refractivity contribution in [3.8, 4) is 23.0 Å². The van der Waals surface area contributed by atoms with Gasteiger partial charge in [0.1, 0.15) is 28.8 Å². The van der Waals surface area contributed by atoms with E-state index < -0.39 is 6.03 Å². The number of aromatic nitrogens is 1. The highest BCUT2D eigenvalue weighted by Crippen LogP contribution is 2.37. The van der Waals surface area contributed by atoms with Crippen molar-refractivity contribution in [3.05, 3.63) is 102 Å². The van der Waals surface area contributed by atoms with Crippen molar-refractivity contribution in [2.45, 2.75) is 32.6 Å². The molecule has 4 N–H and O–H groups in total. The van der Waals surface area contributed by atoms with Crippen molar-refractivity contribution in [2.75, 3.05) is 37.2 Å². The number of rotatable bonds is 10. The number of amides is 3. The van der Waals surface area contributed by atoms with Crippen molar-refractivity contribution in [3.63, 3.8) is 0 Å². The molecule has 0 atom stereocenters. The summed E-state index contributed by atoms with van der Waals surface area (Å²) in [4.78, 5) is 30.1. The summed E-state index contributed by atoms with van der Waals surface area (Å²) >= 11 is 0. The zero-order chi connectivity index (χ0) is 33.6. The lowest BCUT2D eigenvalue weighted by Gasteiger charge is -2.24. The van der Waals surface area contributed by atoms with Crippen LogP contribution in [0.4, 0.5) is 27.7 Å². The van der Waals surface area contributed by atoms with Gasteiger partial charge < -0.3 is 35.5 Å². The Labute approximate surface area is 274 Å². The molecule has 242 valence electrons. The molecule has 47 heavy (non-hydrogen) atoms. The number of pyridine rings is 1. The number of hydrogen-bond acceptors (Lipinski definition) is 7. The van der Waals surface area contributed by atoms with Gasteiger partial charge in [0.15, 0.2) is 0 Å². The monoisotopic (exact) mass is 633 g/mol. The number of hydrogen-bond donors (Lipinski definition) is 4. The lowest BCUT2D eigenvalue weighted by Crippen LogP contribution is -2.23. The molecule has 5 rings (SSSR count). The Morgan fingerprint density at radius 2 is 1.55 bits per heavy atom. The Morgan fingerprint density at radius 1 is 0.787 bits per heavy atom. The summed E-state index contributed by atoms with van der Waals surface area (Å²) < 4.78 is 17.3. The van der Waals surface area contributed by atoms with Crippen LogP contribution < -0.4 is 35.5 Å². The van der Waals surface area contributed by atoms with Gasteiger partial charge >= 0.3 is 6.03 Å². The van der Waals surface area contributed by atoms with Gasteiger partial charge in [-0.3, -0.25) is 4.79 Å². The van der Waals surface area contributed by atoms with E-state index in [-0.39, 0.29) is 17.7 Å². The third-order valence-corrected chi connectivity index (χ3v) is 7.55. The summed E-state index contributed by atoms with van der Waals surface area (Å²) in [7, 11) is 4.74. The maximum atomic E-state index is 13.4. The first-order chi connectivity index (χ1) is 22.6. The average molecular weight is 634 g/mol. The molecule has 5 aromatic rings. The van der Waals surface area contributed by atoms with Gasteiger partial charge in [-0.05, 0) is 47.4 Å². The second kappa shape index (κ2) is 14.1. The molecule has 0 saturated heterocycles. The maximum Gasteiger partial charge on any atom is 0.323 e. The van der Waals surface area contributed by atoms with Gasteiger partial charge in [0.05, 0.1) is 32.0 Å². The molecule has 1 heterocycles. The molecule has 1 aromatic heterocycles. The number of nitrogens with one attached hydrogen (secondary N) is 4. The second-order valence-electron chi connectivity index (χ2n) is 11.9. The number of anilines is 4. The molecular formula is C37H39N5O5. The molecule has 10 nitrogen and oxygen atoms in total. The molecule has 0 saturated carbocycles. The number of benzene rings is 4. The van der Waals surface area contributed by atoms with Gasteiger partial charge in [0.2, 0.25) is 5.91 Å². The molecule has 10 heteroatoms. The number of urea groups is 1. The smallest absolute Gasteiger partial charge is 0.323 e. The predicted molar refractivity (Wildman–Crippen MR) is 187 cm³/mol. The topological polar surface area (TPSA) is 123 Å². The first-order valence-electron chi connectivity index (χ1n) is 15.1. The molecule has 0 fully saturated rings. The van der Waals surface area contributed by atoms with Crippen LogP contribution in [0.15, 0.2) is 91.1 Å². The molecular weight excluding hydrogens is 594 g/mol. The van der Waals surface area contributed by atoms with Crippen LogP contribution in [0.25, 0.3) is 10.8 Å². The molecule has 0 unspecified atom stereocenters. The van der Waals surface area contributed by atoms with Crippen molar-refractivity contribution >= 4 is 45.6 Å². The fraction of sp³-hybridized carbons (Fsp3) is 0.216. The van der Waals surface area contributed by atoms with Gasteiger partial charge in [-0.1, -0.05) is 57.2 Å². The van der Waals surface area contributed by atoms with Crippen molar-refractivity contribution in [1.29, 1.82) is 0 Å². The fourth-order valence-electron chi connectivity index (χ4n) is 5.11. The Balaban J connectivity index is 1.38. The number of carbonyl (C=O) groups excluding carboxylic acids is 2. The third kappa shape index (κ3) is 7.91. The summed E-state index contributed by atoms with van der Waals surface area (Å²) in [5, 5.41) is 13.5. The van der Waals surface area contributed by atoms with Gasteiger partial charge in [-0.15, -0.1) is 0 Å². The normalized spacial score (nSPS) is 11.0. The molecule has 0 bridgehead atoms. The van der Waals surface area contributed by atoms with Crippen LogP contribution in [-0.4, -0.2) is 38.2 Å². The first kappa shape index (κ1) is 32.6. The van der Waals surface area contributed by atoms with E-state index in [0.717, 1.165) is 27.8 Å². The molecule has 3 amide bonds. The number of methoxy groups -OCH3 is 2. The summed E-state index contributed by atoms with van der Waals surface area (Å²) in [5.41, 5.74) is 3.30.